The second kappa shape index (κ2) is 9.22. The standard InChI is InChI=1S/C24H24N2O4S/c1-29-18-10-11-21(30-2)19(15-18)20-8-4-12-26(20)24(28)16-6-3-7-17(14-16)25-23(27)22-9-5-13-31-22/h3,5-7,9-11,13-15,20H,4,8,12H2,1-2H3,(H,25,27)/t20-/m0/s1. The van der Waals surface area contributed by atoms with E-state index in [1.807, 2.05) is 34.5 Å². The highest BCUT2D eigenvalue weighted by Gasteiger charge is 2.32. The fourth-order valence-corrected chi connectivity index (χ4v) is 4.55. The van der Waals surface area contributed by atoms with E-state index in [9.17, 15) is 9.59 Å². The van der Waals surface area contributed by atoms with Gasteiger partial charge in [-0.2, -0.15) is 0 Å². The summed E-state index contributed by atoms with van der Waals surface area (Å²) in [5, 5.41) is 4.73. The van der Waals surface area contributed by atoms with Crippen molar-refractivity contribution < 1.29 is 19.1 Å². The highest BCUT2D eigenvalue weighted by Crippen LogP contribution is 2.39. The average Bonchev–Trinajstić information content (AvgIpc) is 3.50. The van der Waals surface area contributed by atoms with E-state index in [0.29, 0.717) is 22.7 Å². The number of nitrogens with one attached hydrogen (secondary N) is 1. The van der Waals surface area contributed by atoms with Crippen LogP contribution in [0.4, 0.5) is 5.69 Å². The van der Waals surface area contributed by atoms with Gasteiger partial charge in [0, 0.05) is 23.4 Å². The summed E-state index contributed by atoms with van der Waals surface area (Å²) in [4.78, 5) is 28.3. The van der Waals surface area contributed by atoms with Gasteiger partial charge in [0.15, 0.2) is 0 Å². The second-order valence-electron chi connectivity index (χ2n) is 7.28. The van der Waals surface area contributed by atoms with Gasteiger partial charge in [-0.1, -0.05) is 12.1 Å². The van der Waals surface area contributed by atoms with Gasteiger partial charge >= 0.3 is 0 Å². The number of anilines is 1. The van der Waals surface area contributed by atoms with Crippen molar-refractivity contribution in [3.63, 3.8) is 0 Å². The maximum absolute atomic E-state index is 13.4. The number of amides is 2. The zero-order valence-electron chi connectivity index (χ0n) is 17.5. The van der Waals surface area contributed by atoms with Crippen LogP contribution >= 0.6 is 11.3 Å². The number of thiophene rings is 1. The Morgan fingerprint density at radius 1 is 1.06 bits per heavy atom. The summed E-state index contributed by atoms with van der Waals surface area (Å²) in [6.07, 6.45) is 1.76. The number of carbonyl (C=O) groups is 2. The van der Waals surface area contributed by atoms with Crippen molar-refractivity contribution in [3.8, 4) is 11.5 Å². The maximum atomic E-state index is 13.4. The zero-order valence-corrected chi connectivity index (χ0v) is 18.3. The number of benzene rings is 2. The summed E-state index contributed by atoms with van der Waals surface area (Å²) < 4.78 is 10.9. The largest absolute Gasteiger partial charge is 0.497 e. The quantitative estimate of drug-likeness (QED) is 0.591. The highest BCUT2D eigenvalue weighted by molar-refractivity contribution is 7.12. The second-order valence-corrected chi connectivity index (χ2v) is 8.22. The molecule has 1 N–H and O–H groups in total. The number of hydrogen-bond acceptors (Lipinski definition) is 5. The lowest BCUT2D eigenvalue weighted by Crippen LogP contribution is -2.30. The van der Waals surface area contributed by atoms with E-state index in [0.717, 1.165) is 29.9 Å². The molecule has 1 saturated heterocycles. The van der Waals surface area contributed by atoms with Gasteiger partial charge in [0.25, 0.3) is 11.8 Å². The highest BCUT2D eigenvalue weighted by atomic mass is 32.1. The van der Waals surface area contributed by atoms with Gasteiger partial charge in [0.05, 0.1) is 25.1 Å². The molecule has 1 atom stereocenters. The Morgan fingerprint density at radius 2 is 1.94 bits per heavy atom. The van der Waals surface area contributed by atoms with Gasteiger partial charge in [-0.15, -0.1) is 11.3 Å². The Labute approximate surface area is 185 Å². The Morgan fingerprint density at radius 3 is 2.68 bits per heavy atom. The summed E-state index contributed by atoms with van der Waals surface area (Å²) in [5.41, 5.74) is 2.08. The fourth-order valence-electron chi connectivity index (χ4n) is 3.93. The third kappa shape index (κ3) is 4.41. The molecule has 0 unspecified atom stereocenters. The first-order valence-electron chi connectivity index (χ1n) is 10.1. The Kier molecular flexibility index (Phi) is 6.23. The summed E-state index contributed by atoms with van der Waals surface area (Å²) in [7, 11) is 3.26. The number of rotatable bonds is 6. The van der Waals surface area contributed by atoms with Crippen molar-refractivity contribution in [3.05, 3.63) is 76.0 Å². The molecule has 7 heteroatoms. The van der Waals surface area contributed by atoms with Crippen LogP contribution in [0.5, 0.6) is 11.5 Å². The number of ether oxygens (including phenoxy) is 2. The molecule has 0 bridgehead atoms. The van der Waals surface area contributed by atoms with Crippen molar-refractivity contribution in [1.82, 2.24) is 4.90 Å². The van der Waals surface area contributed by atoms with Crippen LogP contribution in [0, 0.1) is 0 Å². The lowest BCUT2D eigenvalue weighted by Gasteiger charge is -2.27. The van der Waals surface area contributed by atoms with Crippen LogP contribution in [0.2, 0.25) is 0 Å². The van der Waals surface area contributed by atoms with E-state index in [1.165, 1.54) is 11.3 Å². The molecule has 160 valence electrons. The molecule has 6 nitrogen and oxygen atoms in total. The molecule has 1 fully saturated rings. The molecule has 0 aliphatic carbocycles. The molecule has 31 heavy (non-hydrogen) atoms. The van der Waals surface area contributed by atoms with Crippen LogP contribution in [0.25, 0.3) is 0 Å². The molecule has 2 aromatic carbocycles. The van der Waals surface area contributed by atoms with E-state index in [1.54, 1.807) is 44.6 Å². The summed E-state index contributed by atoms with van der Waals surface area (Å²) in [5.74, 6) is 1.22. The van der Waals surface area contributed by atoms with Crippen LogP contribution < -0.4 is 14.8 Å². The Hall–Kier alpha value is -3.32. The molecule has 2 heterocycles. The monoisotopic (exact) mass is 436 g/mol. The van der Waals surface area contributed by atoms with Crippen LogP contribution in [0.3, 0.4) is 0 Å². The smallest absolute Gasteiger partial charge is 0.265 e. The van der Waals surface area contributed by atoms with Crippen molar-refractivity contribution in [2.45, 2.75) is 18.9 Å². The minimum Gasteiger partial charge on any atom is -0.497 e. The Balaban J connectivity index is 1.57. The molecule has 0 radical (unpaired) electrons. The minimum atomic E-state index is -0.181. The van der Waals surface area contributed by atoms with Crippen LogP contribution in [0.1, 0.15) is 44.5 Å². The fraction of sp³-hybridized carbons (Fsp3) is 0.250. The first-order valence-corrected chi connectivity index (χ1v) is 11.0. The maximum Gasteiger partial charge on any atom is 0.265 e. The SMILES string of the molecule is COc1ccc(OC)c([C@@H]2CCCN2C(=O)c2cccc(NC(=O)c3cccs3)c2)c1. The van der Waals surface area contributed by atoms with E-state index < -0.39 is 0 Å². The lowest BCUT2D eigenvalue weighted by atomic mass is 10.0. The molecule has 3 aromatic rings. The first-order chi connectivity index (χ1) is 15.1. The third-order valence-corrected chi connectivity index (χ3v) is 6.29. The number of nitrogens with zero attached hydrogens (tertiary/aromatic N) is 1. The van der Waals surface area contributed by atoms with Gasteiger partial charge < -0.3 is 19.7 Å². The van der Waals surface area contributed by atoms with Gasteiger partial charge in [0.2, 0.25) is 0 Å². The number of methoxy groups -OCH3 is 2. The number of carbonyl (C=O) groups excluding carboxylic acids is 2. The predicted molar refractivity (Wildman–Crippen MR) is 121 cm³/mol. The number of hydrogen-bond donors (Lipinski definition) is 1. The summed E-state index contributed by atoms with van der Waals surface area (Å²) >= 11 is 1.38. The van der Waals surface area contributed by atoms with Crippen molar-refractivity contribution >= 4 is 28.8 Å². The lowest BCUT2D eigenvalue weighted by molar-refractivity contribution is 0.0733. The van der Waals surface area contributed by atoms with Crippen molar-refractivity contribution in [1.29, 1.82) is 0 Å². The van der Waals surface area contributed by atoms with E-state index in [4.69, 9.17) is 9.47 Å². The average molecular weight is 437 g/mol. The topological polar surface area (TPSA) is 67.9 Å². The van der Waals surface area contributed by atoms with Gasteiger partial charge in [-0.05, 0) is 60.7 Å². The summed E-state index contributed by atoms with van der Waals surface area (Å²) in [6, 6.07) is 16.2. The molecule has 1 aromatic heterocycles. The van der Waals surface area contributed by atoms with E-state index in [2.05, 4.69) is 5.32 Å². The molecular formula is C24H24N2O4S. The van der Waals surface area contributed by atoms with Crippen molar-refractivity contribution in [2.24, 2.45) is 0 Å². The van der Waals surface area contributed by atoms with Crippen molar-refractivity contribution in [2.75, 3.05) is 26.1 Å². The van der Waals surface area contributed by atoms with E-state index in [-0.39, 0.29) is 17.9 Å². The Bertz CT molecular complexity index is 1080. The van der Waals surface area contributed by atoms with Gasteiger partial charge in [0.1, 0.15) is 11.5 Å². The van der Waals surface area contributed by atoms with Crippen LogP contribution in [0.15, 0.2) is 60.0 Å². The molecule has 0 saturated carbocycles. The first kappa shape index (κ1) is 20.9. The number of likely N-dealkylation sites (tertiary alicyclic amines) is 1. The minimum absolute atomic E-state index is 0.0698. The van der Waals surface area contributed by atoms with E-state index >= 15 is 0 Å². The molecule has 4 rings (SSSR count). The molecule has 1 aliphatic rings. The molecular weight excluding hydrogens is 412 g/mol. The molecule has 0 spiro atoms. The molecule has 2 amide bonds. The van der Waals surface area contributed by atoms with Gasteiger partial charge in [-0.3, -0.25) is 9.59 Å². The van der Waals surface area contributed by atoms with Crippen LogP contribution in [-0.4, -0.2) is 37.5 Å². The molecule has 1 aliphatic heterocycles. The van der Waals surface area contributed by atoms with Crippen LogP contribution in [-0.2, 0) is 0 Å². The predicted octanol–water partition coefficient (Wildman–Crippen LogP) is 4.99. The zero-order chi connectivity index (χ0) is 21.8. The normalized spacial score (nSPS) is 15.5. The third-order valence-electron chi connectivity index (χ3n) is 5.42. The van der Waals surface area contributed by atoms with Gasteiger partial charge in [-0.25, -0.2) is 0 Å². The summed E-state index contributed by atoms with van der Waals surface area (Å²) in [6.45, 7) is 0.662.